The summed E-state index contributed by atoms with van der Waals surface area (Å²) in [7, 11) is 0. The van der Waals surface area contributed by atoms with Gasteiger partial charge in [0.15, 0.2) is 5.78 Å². The average molecular weight is 880 g/mol. The van der Waals surface area contributed by atoms with Gasteiger partial charge in [-0.3, -0.25) is 9.59 Å². The summed E-state index contributed by atoms with van der Waals surface area (Å²) in [6, 6.07) is 23.1. The minimum atomic E-state index is -1.21. The molecule has 14 heteroatoms. The molecule has 13 nitrogen and oxygen atoms in total. The third kappa shape index (κ3) is 18.2. The Morgan fingerprint density at radius 3 is 1.68 bits per heavy atom. The molecule has 4 rings (SSSR count). The van der Waals surface area contributed by atoms with Gasteiger partial charge in [-0.25, -0.2) is 4.39 Å². The van der Waals surface area contributed by atoms with E-state index in [1.807, 2.05) is 73.0 Å². The Balaban J connectivity index is 1.30. The van der Waals surface area contributed by atoms with Gasteiger partial charge in [0.1, 0.15) is 18.2 Å². The van der Waals surface area contributed by atoms with Crippen LogP contribution in [-0.2, 0) is 46.2 Å². The lowest BCUT2D eigenvalue weighted by atomic mass is 9.90. The van der Waals surface area contributed by atoms with Crippen LogP contribution in [0.5, 0.6) is 5.75 Å². The second-order valence-corrected chi connectivity index (χ2v) is 15.4. The number of hydrogen-bond donors (Lipinski definition) is 3. The number of halogens is 1. The number of ether oxygens (including phenoxy) is 7. The molecule has 1 aromatic heterocycles. The highest BCUT2D eigenvalue weighted by molar-refractivity contribution is 6.08. The van der Waals surface area contributed by atoms with Gasteiger partial charge < -0.3 is 53.0 Å². The first kappa shape index (κ1) is 51.1. The standard InChI is InChI=1S/C49H66FNO12/c1-4-20-57-21-22-58-23-24-59-25-26-60-27-28-61-29-30-62-31-32-63-43-16-10-37(11-17-43)33-44(54)47-46(38-8-6-5-7-9-38)49(39-12-14-40(50)15-13-39)51(48(47)36(2)3)19-18-41(52)34-42(53)35-45(55)56/h5-17,36,41-42,52-53H,4,18-35H2,1-3H3,(H,55,56)/t41-,42-/m1/s1. The highest BCUT2D eigenvalue weighted by atomic mass is 19.1. The van der Waals surface area contributed by atoms with Crippen LogP contribution in [0.4, 0.5) is 4.39 Å². The molecule has 63 heavy (non-hydrogen) atoms. The molecule has 1 heterocycles. The van der Waals surface area contributed by atoms with Crippen LogP contribution in [0, 0.1) is 5.82 Å². The highest BCUT2D eigenvalue weighted by Crippen LogP contribution is 2.43. The number of hydrogen-bond acceptors (Lipinski definition) is 11. The Labute approximate surface area is 371 Å². The Hall–Kier alpha value is -4.51. The van der Waals surface area contributed by atoms with Crippen LogP contribution in [0.2, 0.25) is 0 Å². The molecule has 346 valence electrons. The Bertz CT molecular complexity index is 1890. The zero-order valence-corrected chi connectivity index (χ0v) is 37.0. The maximum Gasteiger partial charge on any atom is 0.305 e. The van der Waals surface area contributed by atoms with E-state index in [9.17, 15) is 24.2 Å². The number of benzene rings is 3. The van der Waals surface area contributed by atoms with Gasteiger partial charge >= 0.3 is 5.97 Å². The van der Waals surface area contributed by atoms with Gasteiger partial charge in [0.05, 0.1) is 97.0 Å². The number of carboxylic acid groups (broad SMARTS) is 1. The number of carbonyl (C=O) groups is 2. The fourth-order valence-corrected chi connectivity index (χ4v) is 7.08. The van der Waals surface area contributed by atoms with Crippen molar-refractivity contribution in [3.05, 3.63) is 102 Å². The van der Waals surface area contributed by atoms with Crippen LogP contribution in [-0.4, -0.2) is 130 Å². The molecule has 4 aromatic rings. The second-order valence-electron chi connectivity index (χ2n) is 15.4. The quantitative estimate of drug-likeness (QED) is 0.0316. The van der Waals surface area contributed by atoms with Gasteiger partial charge in [-0.1, -0.05) is 63.2 Å². The molecule has 0 saturated carbocycles. The Kier molecular flexibility index (Phi) is 23.6. The molecule has 0 radical (unpaired) electrons. The second kappa shape index (κ2) is 29.0. The number of carboxylic acids is 1. The van der Waals surface area contributed by atoms with Crippen LogP contribution >= 0.6 is 0 Å². The number of nitrogens with zero attached hydrogens (tertiary/aromatic N) is 1. The lowest BCUT2D eigenvalue weighted by Crippen LogP contribution is -2.22. The van der Waals surface area contributed by atoms with Gasteiger partial charge in [-0.2, -0.15) is 0 Å². The first-order valence-corrected chi connectivity index (χ1v) is 22.0. The molecule has 0 aliphatic carbocycles. The largest absolute Gasteiger partial charge is 0.491 e. The van der Waals surface area contributed by atoms with E-state index >= 15 is 0 Å². The predicted molar refractivity (Wildman–Crippen MR) is 238 cm³/mol. The number of aromatic nitrogens is 1. The number of ketones is 1. The molecule has 3 N–H and O–H groups in total. The van der Waals surface area contributed by atoms with Crippen molar-refractivity contribution in [1.82, 2.24) is 4.57 Å². The van der Waals surface area contributed by atoms with E-state index in [0.717, 1.165) is 29.8 Å². The molecule has 0 aliphatic rings. The first-order valence-electron chi connectivity index (χ1n) is 22.0. The van der Waals surface area contributed by atoms with Crippen molar-refractivity contribution in [2.75, 3.05) is 85.9 Å². The minimum absolute atomic E-state index is 0.101. The van der Waals surface area contributed by atoms with Crippen LogP contribution in [0.25, 0.3) is 22.4 Å². The number of aliphatic hydroxyl groups excluding tert-OH is 2. The number of aliphatic hydroxyl groups is 2. The third-order valence-electron chi connectivity index (χ3n) is 9.94. The van der Waals surface area contributed by atoms with Crippen molar-refractivity contribution in [1.29, 1.82) is 0 Å². The van der Waals surface area contributed by atoms with Crippen molar-refractivity contribution in [2.45, 2.75) is 77.5 Å². The number of carbonyl (C=O) groups excluding carboxylic acids is 1. The van der Waals surface area contributed by atoms with Crippen molar-refractivity contribution >= 4 is 11.8 Å². The molecule has 0 bridgehead atoms. The average Bonchev–Trinajstić information content (AvgIpc) is 3.61. The minimum Gasteiger partial charge on any atom is -0.491 e. The molecule has 3 aromatic carbocycles. The number of Topliss-reactive ketones (excluding diaryl/α,β-unsaturated/α-hetero) is 1. The van der Waals surface area contributed by atoms with E-state index in [0.29, 0.717) is 107 Å². The summed E-state index contributed by atoms with van der Waals surface area (Å²) >= 11 is 0. The van der Waals surface area contributed by atoms with Gasteiger partial charge in [-0.05, 0) is 78.3 Å². The molecule has 0 spiro atoms. The molecule has 0 fully saturated rings. The Morgan fingerprint density at radius 2 is 1.17 bits per heavy atom. The number of rotatable bonds is 34. The zero-order valence-electron chi connectivity index (χ0n) is 37.0. The zero-order chi connectivity index (χ0) is 45.2. The molecule has 0 unspecified atom stereocenters. The van der Waals surface area contributed by atoms with E-state index < -0.39 is 30.4 Å². The topological polar surface area (TPSA) is 164 Å². The van der Waals surface area contributed by atoms with E-state index in [1.54, 1.807) is 12.1 Å². The molecule has 0 saturated heterocycles. The van der Waals surface area contributed by atoms with Crippen LogP contribution in [0.15, 0.2) is 78.9 Å². The van der Waals surface area contributed by atoms with Crippen molar-refractivity contribution < 1.29 is 62.5 Å². The summed E-state index contributed by atoms with van der Waals surface area (Å²) in [5, 5.41) is 30.2. The summed E-state index contributed by atoms with van der Waals surface area (Å²) in [6.07, 6.45) is -1.52. The molecule has 2 atom stereocenters. The summed E-state index contributed by atoms with van der Waals surface area (Å²) in [5.41, 5.74) is 5.01. The van der Waals surface area contributed by atoms with Crippen molar-refractivity contribution in [2.24, 2.45) is 0 Å². The van der Waals surface area contributed by atoms with Gasteiger partial charge in [-0.15, -0.1) is 0 Å². The molecule has 0 amide bonds. The Morgan fingerprint density at radius 1 is 0.651 bits per heavy atom. The summed E-state index contributed by atoms with van der Waals surface area (Å²) in [4.78, 5) is 25.8. The maximum absolute atomic E-state index is 14.6. The van der Waals surface area contributed by atoms with Gasteiger partial charge in [0, 0.05) is 36.4 Å². The van der Waals surface area contributed by atoms with E-state index in [1.165, 1.54) is 12.1 Å². The van der Waals surface area contributed by atoms with E-state index in [-0.39, 0.29) is 37.5 Å². The maximum atomic E-state index is 14.6. The van der Waals surface area contributed by atoms with Crippen molar-refractivity contribution in [3.63, 3.8) is 0 Å². The van der Waals surface area contributed by atoms with Crippen LogP contribution in [0.1, 0.15) is 74.0 Å². The summed E-state index contributed by atoms with van der Waals surface area (Å²) < 4.78 is 55.2. The monoisotopic (exact) mass is 879 g/mol. The predicted octanol–water partition coefficient (Wildman–Crippen LogP) is 7.38. The van der Waals surface area contributed by atoms with Crippen LogP contribution < -0.4 is 4.74 Å². The normalized spacial score (nSPS) is 12.5. The summed E-state index contributed by atoms with van der Waals surface area (Å²) in [5.74, 6) is -1.16. The molecule has 0 aliphatic heterocycles. The van der Waals surface area contributed by atoms with E-state index in [4.69, 9.17) is 38.3 Å². The SMILES string of the molecule is CCCOCCOCCOCCOCCOCCOCCOc1ccc(CC(=O)c2c(-c3ccccc3)c(-c3ccc(F)cc3)n(CC[C@@H](O)C[C@@H](O)CC(=O)O)c2C(C)C)cc1. The molecular formula is C49H66FNO12. The smallest absolute Gasteiger partial charge is 0.305 e. The van der Waals surface area contributed by atoms with E-state index in [2.05, 4.69) is 6.92 Å². The summed E-state index contributed by atoms with van der Waals surface area (Å²) in [6.45, 7) is 12.8. The number of aliphatic carboxylic acids is 1. The van der Waals surface area contributed by atoms with Gasteiger partial charge in [0.2, 0.25) is 0 Å². The lowest BCUT2D eigenvalue weighted by Gasteiger charge is -2.20. The van der Waals surface area contributed by atoms with Crippen LogP contribution in [0.3, 0.4) is 0 Å². The fourth-order valence-electron chi connectivity index (χ4n) is 7.08. The molecular weight excluding hydrogens is 814 g/mol. The third-order valence-corrected chi connectivity index (χ3v) is 9.94. The van der Waals surface area contributed by atoms with Gasteiger partial charge in [0.25, 0.3) is 0 Å². The lowest BCUT2D eigenvalue weighted by molar-refractivity contribution is -0.139. The van der Waals surface area contributed by atoms with Crippen molar-refractivity contribution in [3.8, 4) is 28.1 Å². The first-order chi connectivity index (χ1) is 30.6. The fraction of sp³-hybridized carbons (Fsp3) is 0.510. The highest BCUT2D eigenvalue weighted by Gasteiger charge is 2.31.